The minimum absolute atomic E-state index is 0.0195. The number of benzene rings is 1. The van der Waals surface area contributed by atoms with Crippen LogP contribution in [0.1, 0.15) is 28.5 Å². The zero-order chi connectivity index (χ0) is 20.6. The summed E-state index contributed by atoms with van der Waals surface area (Å²) in [4.78, 5) is 46.2. The highest BCUT2D eigenvalue weighted by molar-refractivity contribution is 7.14. The molecule has 0 bridgehead atoms. The molecule has 0 radical (unpaired) electrons. The normalized spacial score (nSPS) is 10.4. The van der Waals surface area contributed by atoms with Crippen molar-refractivity contribution in [1.29, 1.82) is 0 Å². The number of hydrogen-bond acceptors (Lipinski definition) is 7. The van der Waals surface area contributed by atoms with Crippen molar-refractivity contribution in [3.8, 4) is 0 Å². The summed E-state index contributed by atoms with van der Waals surface area (Å²) in [6.45, 7) is 2.20. The summed E-state index contributed by atoms with van der Waals surface area (Å²) in [5.74, 6) is -0.998. The number of esters is 1. The predicted molar refractivity (Wildman–Crippen MR) is 108 cm³/mol. The van der Waals surface area contributed by atoms with Crippen LogP contribution in [-0.4, -0.2) is 28.2 Å². The lowest BCUT2D eigenvalue weighted by Crippen LogP contribution is -2.32. The molecular weight excluding hydrogens is 394 g/mol. The number of hydrogen-bond donors (Lipinski definition) is 1. The number of anilines is 1. The second-order valence-corrected chi connectivity index (χ2v) is 6.75. The largest absolute Gasteiger partial charge is 0.466 e. The van der Waals surface area contributed by atoms with E-state index in [1.807, 2.05) is 30.3 Å². The van der Waals surface area contributed by atoms with Crippen molar-refractivity contribution in [3.63, 3.8) is 0 Å². The van der Waals surface area contributed by atoms with E-state index in [2.05, 4.69) is 10.3 Å². The molecule has 1 amide bonds. The zero-order valence-electron chi connectivity index (χ0n) is 15.7. The standard InChI is InChI=1S/C20H19N3O5S/c1-2-27-17(24)11-15-13-29-20(21-15)22-18(25)16-9-6-10-23(19(16)26)28-12-14-7-4-3-5-8-14/h3-10,13H,2,11-12H2,1H3,(H,21,22,25). The second-order valence-electron chi connectivity index (χ2n) is 5.89. The van der Waals surface area contributed by atoms with Crippen LogP contribution in [0.4, 0.5) is 5.13 Å². The van der Waals surface area contributed by atoms with Gasteiger partial charge >= 0.3 is 5.97 Å². The van der Waals surface area contributed by atoms with Gasteiger partial charge in [0.2, 0.25) is 0 Å². The maximum absolute atomic E-state index is 12.5. The van der Waals surface area contributed by atoms with Crippen molar-refractivity contribution in [1.82, 2.24) is 9.71 Å². The first-order valence-corrected chi connectivity index (χ1v) is 9.75. The lowest BCUT2D eigenvalue weighted by molar-refractivity contribution is -0.142. The average molecular weight is 413 g/mol. The van der Waals surface area contributed by atoms with Gasteiger partial charge in [-0.05, 0) is 24.6 Å². The number of carbonyl (C=O) groups excluding carboxylic acids is 2. The molecule has 0 aliphatic heterocycles. The monoisotopic (exact) mass is 413 g/mol. The lowest BCUT2D eigenvalue weighted by Gasteiger charge is -2.09. The van der Waals surface area contributed by atoms with Gasteiger partial charge < -0.3 is 9.57 Å². The zero-order valence-corrected chi connectivity index (χ0v) is 16.5. The fraction of sp³-hybridized carbons (Fsp3) is 0.200. The second kappa shape index (κ2) is 9.65. The number of nitrogens with zero attached hydrogens (tertiary/aromatic N) is 2. The molecule has 3 aromatic rings. The number of amides is 1. The van der Waals surface area contributed by atoms with Crippen molar-refractivity contribution in [2.45, 2.75) is 20.0 Å². The van der Waals surface area contributed by atoms with Crippen LogP contribution in [-0.2, 0) is 22.6 Å². The van der Waals surface area contributed by atoms with Gasteiger partial charge in [-0.15, -0.1) is 11.3 Å². The van der Waals surface area contributed by atoms with E-state index < -0.39 is 17.4 Å². The molecule has 0 aliphatic rings. The van der Waals surface area contributed by atoms with Gasteiger partial charge in [-0.1, -0.05) is 30.3 Å². The highest BCUT2D eigenvalue weighted by Gasteiger charge is 2.15. The van der Waals surface area contributed by atoms with Crippen molar-refractivity contribution < 1.29 is 19.2 Å². The van der Waals surface area contributed by atoms with Crippen LogP contribution in [0.5, 0.6) is 0 Å². The summed E-state index contributed by atoms with van der Waals surface area (Å²) in [6.07, 6.45) is 1.47. The number of nitrogens with one attached hydrogen (secondary N) is 1. The maximum Gasteiger partial charge on any atom is 0.311 e. The Morgan fingerprint density at radius 2 is 1.97 bits per heavy atom. The Morgan fingerprint density at radius 3 is 2.72 bits per heavy atom. The smallest absolute Gasteiger partial charge is 0.311 e. The summed E-state index contributed by atoms with van der Waals surface area (Å²) >= 11 is 1.16. The minimum atomic E-state index is -0.607. The Bertz CT molecular complexity index is 1050. The third-order valence-electron chi connectivity index (χ3n) is 3.78. The topological polar surface area (TPSA) is 99.5 Å². The van der Waals surface area contributed by atoms with E-state index in [1.165, 1.54) is 12.3 Å². The first-order valence-electron chi connectivity index (χ1n) is 8.87. The molecule has 150 valence electrons. The van der Waals surface area contributed by atoms with Crippen LogP contribution >= 0.6 is 11.3 Å². The van der Waals surface area contributed by atoms with E-state index in [0.29, 0.717) is 12.3 Å². The van der Waals surface area contributed by atoms with E-state index in [4.69, 9.17) is 9.57 Å². The average Bonchev–Trinajstić information content (AvgIpc) is 3.14. The van der Waals surface area contributed by atoms with Crippen LogP contribution in [0, 0.1) is 0 Å². The molecule has 1 aromatic carbocycles. The summed E-state index contributed by atoms with van der Waals surface area (Å²) in [5.41, 5.74) is 0.721. The Labute approximate surface area is 170 Å². The van der Waals surface area contributed by atoms with Crippen LogP contribution in [0.3, 0.4) is 0 Å². The molecule has 0 atom stereocenters. The molecule has 2 heterocycles. The molecule has 0 spiro atoms. The van der Waals surface area contributed by atoms with Gasteiger partial charge in [0.1, 0.15) is 12.2 Å². The molecule has 3 rings (SSSR count). The fourth-order valence-corrected chi connectivity index (χ4v) is 3.14. The molecule has 1 N–H and O–H groups in total. The number of aromatic nitrogens is 2. The van der Waals surface area contributed by atoms with E-state index in [9.17, 15) is 14.4 Å². The quantitative estimate of drug-likeness (QED) is 0.569. The fourth-order valence-electron chi connectivity index (χ4n) is 2.44. The first-order chi connectivity index (χ1) is 14.1. The number of thiazole rings is 1. The molecule has 0 fully saturated rings. The molecule has 9 heteroatoms. The highest BCUT2D eigenvalue weighted by atomic mass is 32.1. The highest BCUT2D eigenvalue weighted by Crippen LogP contribution is 2.16. The van der Waals surface area contributed by atoms with E-state index in [1.54, 1.807) is 18.4 Å². The summed E-state index contributed by atoms with van der Waals surface area (Å²) < 4.78 is 5.89. The van der Waals surface area contributed by atoms with Crippen LogP contribution in [0.2, 0.25) is 0 Å². The predicted octanol–water partition coefficient (Wildman–Crippen LogP) is 2.29. The van der Waals surface area contributed by atoms with Crippen molar-refractivity contribution in [2.24, 2.45) is 0 Å². The van der Waals surface area contributed by atoms with Gasteiger partial charge in [0.05, 0.1) is 18.7 Å². The minimum Gasteiger partial charge on any atom is -0.466 e. The van der Waals surface area contributed by atoms with Gasteiger partial charge in [-0.25, -0.2) is 4.98 Å². The molecule has 0 saturated carbocycles. The Kier molecular flexibility index (Phi) is 6.75. The summed E-state index contributed by atoms with van der Waals surface area (Å²) in [5, 5.41) is 4.51. The van der Waals surface area contributed by atoms with Gasteiger partial charge in [-0.3, -0.25) is 19.7 Å². The van der Waals surface area contributed by atoms with Gasteiger partial charge in [0.15, 0.2) is 5.13 Å². The van der Waals surface area contributed by atoms with Crippen molar-refractivity contribution in [2.75, 3.05) is 11.9 Å². The van der Waals surface area contributed by atoms with Crippen LogP contribution < -0.4 is 15.7 Å². The van der Waals surface area contributed by atoms with Crippen molar-refractivity contribution in [3.05, 3.63) is 81.2 Å². The number of carbonyl (C=O) groups is 2. The van der Waals surface area contributed by atoms with E-state index in [-0.39, 0.29) is 23.7 Å². The lowest BCUT2D eigenvalue weighted by atomic mass is 10.2. The number of rotatable bonds is 8. The third kappa shape index (κ3) is 5.52. The van der Waals surface area contributed by atoms with E-state index >= 15 is 0 Å². The molecule has 0 saturated heterocycles. The Balaban J connectivity index is 1.66. The molecule has 8 nitrogen and oxygen atoms in total. The number of ether oxygens (including phenoxy) is 1. The summed E-state index contributed by atoms with van der Waals surface area (Å²) in [6, 6.07) is 12.3. The first kappa shape index (κ1) is 20.3. The molecular formula is C20H19N3O5S. The van der Waals surface area contributed by atoms with Crippen molar-refractivity contribution >= 4 is 28.3 Å². The van der Waals surface area contributed by atoms with Gasteiger partial charge in [-0.2, -0.15) is 4.73 Å². The molecule has 0 unspecified atom stereocenters. The molecule has 29 heavy (non-hydrogen) atoms. The van der Waals surface area contributed by atoms with Gasteiger partial charge in [0, 0.05) is 11.6 Å². The number of pyridine rings is 1. The third-order valence-corrected chi connectivity index (χ3v) is 4.58. The summed E-state index contributed by atoms with van der Waals surface area (Å²) in [7, 11) is 0. The SMILES string of the molecule is CCOC(=O)Cc1csc(NC(=O)c2cccn(OCc3ccccc3)c2=O)n1. The van der Waals surface area contributed by atoms with Crippen LogP contribution in [0.25, 0.3) is 0 Å². The molecule has 2 aromatic heterocycles. The van der Waals surface area contributed by atoms with Crippen LogP contribution in [0.15, 0.2) is 58.8 Å². The van der Waals surface area contributed by atoms with Gasteiger partial charge in [0.25, 0.3) is 11.5 Å². The van der Waals surface area contributed by atoms with E-state index in [0.717, 1.165) is 21.6 Å². The maximum atomic E-state index is 12.5. The Hall–Kier alpha value is -3.46. The molecule has 0 aliphatic carbocycles. The Morgan fingerprint density at radius 1 is 1.17 bits per heavy atom.